The highest BCUT2D eigenvalue weighted by Gasteiger charge is 2.18. The fraction of sp³-hybridized carbons (Fsp3) is 0.455. The van der Waals surface area contributed by atoms with Gasteiger partial charge >= 0.3 is 0 Å². The zero-order valence-electron chi connectivity index (χ0n) is 8.62. The Kier molecular flexibility index (Phi) is 3.93. The summed E-state index contributed by atoms with van der Waals surface area (Å²) >= 11 is 5.98. The molecule has 0 spiro atoms. The van der Waals surface area contributed by atoms with Crippen LogP contribution in [0.5, 0.6) is 0 Å². The van der Waals surface area contributed by atoms with Gasteiger partial charge in [0.1, 0.15) is 6.10 Å². The standard InChI is InChI=1S/C11H15ClO2/c1-7-4-5-10(12)9(6-7)11(13)8(2)14-3/h4-6,8,11,13H,1-3H3. The van der Waals surface area contributed by atoms with Gasteiger partial charge in [-0.2, -0.15) is 0 Å². The Labute approximate surface area is 89.5 Å². The second-order valence-corrected chi connectivity index (χ2v) is 3.82. The van der Waals surface area contributed by atoms with Crippen molar-refractivity contribution in [2.75, 3.05) is 7.11 Å². The molecule has 0 aliphatic rings. The number of ether oxygens (including phenoxy) is 1. The molecule has 0 bridgehead atoms. The predicted octanol–water partition coefficient (Wildman–Crippen LogP) is 2.72. The molecular weight excluding hydrogens is 200 g/mol. The van der Waals surface area contributed by atoms with E-state index in [2.05, 4.69) is 0 Å². The van der Waals surface area contributed by atoms with Gasteiger partial charge in [-0.05, 0) is 19.9 Å². The molecule has 2 nitrogen and oxygen atoms in total. The Hall–Kier alpha value is -0.570. The first-order valence-corrected chi connectivity index (χ1v) is 4.91. The molecule has 1 aromatic carbocycles. The van der Waals surface area contributed by atoms with Gasteiger partial charge in [0, 0.05) is 17.7 Å². The number of aliphatic hydroxyl groups excluding tert-OH is 1. The van der Waals surface area contributed by atoms with E-state index in [0.29, 0.717) is 5.02 Å². The van der Waals surface area contributed by atoms with Crippen molar-refractivity contribution < 1.29 is 9.84 Å². The van der Waals surface area contributed by atoms with Gasteiger partial charge in [0.2, 0.25) is 0 Å². The van der Waals surface area contributed by atoms with E-state index in [4.69, 9.17) is 16.3 Å². The van der Waals surface area contributed by atoms with E-state index in [9.17, 15) is 5.11 Å². The number of rotatable bonds is 3. The smallest absolute Gasteiger partial charge is 0.106 e. The molecule has 14 heavy (non-hydrogen) atoms. The van der Waals surface area contributed by atoms with Gasteiger partial charge in [-0.15, -0.1) is 0 Å². The van der Waals surface area contributed by atoms with Gasteiger partial charge in [0.25, 0.3) is 0 Å². The first-order valence-electron chi connectivity index (χ1n) is 4.53. The third-order valence-electron chi connectivity index (χ3n) is 2.29. The fourth-order valence-corrected chi connectivity index (χ4v) is 1.50. The zero-order chi connectivity index (χ0) is 10.7. The Morgan fingerprint density at radius 3 is 2.64 bits per heavy atom. The van der Waals surface area contributed by atoms with Gasteiger partial charge in [-0.25, -0.2) is 0 Å². The van der Waals surface area contributed by atoms with Crippen LogP contribution in [0.2, 0.25) is 5.02 Å². The van der Waals surface area contributed by atoms with Crippen molar-refractivity contribution in [3.63, 3.8) is 0 Å². The minimum absolute atomic E-state index is 0.255. The van der Waals surface area contributed by atoms with E-state index in [1.165, 1.54) is 0 Å². The Morgan fingerprint density at radius 1 is 1.43 bits per heavy atom. The predicted molar refractivity (Wildman–Crippen MR) is 57.6 cm³/mol. The van der Waals surface area contributed by atoms with Gasteiger partial charge in [0.05, 0.1) is 6.10 Å². The summed E-state index contributed by atoms with van der Waals surface area (Å²) in [4.78, 5) is 0. The molecule has 1 rings (SSSR count). The topological polar surface area (TPSA) is 29.5 Å². The molecule has 0 aromatic heterocycles. The lowest BCUT2D eigenvalue weighted by molar-refractivity contribution is -0.00139. The van der Waals surface area contributed by atoms with Crippen molar-refractivity contribution in [3.05, 3.63) is 34.3 Å². The zero-order valence-corrected chi connectivity index (χ0v) is 9.38. The van der Waals surface area contributed by atoms with Crippen LogP contribution in [0.4, 0.5) is 0 Å². The molecule has 3 heteroatoms. The van der Waals surface area contributed by atoms with Crippen LogP contribution in [0.3, 0.4) is 0 Å². The van der Waals surface area contributed by atoms with Crippen LogP contribution in [0.25, 0.3) is 0 Å². The van der Waals surface area contributed by atoms with Crippen molar-refractivity contribution in [1.29, 1.82) is 0 Å². The summed E-state index contributed by atoms with van der Waals surface area (Å²) < 4.78 is 5.05. The molecule has 78 valence electrons. The maximum Gasteiger partial charge on any atom is 0.106 e. The first-order chi connectivity index (χ1) is 6.56. The molecule has 0 aliphatic heterocycles. The average Bonchev–Trinajstić information content (AvgIpc) is 2.19. The SMILES string of the molecule is COC(C)C(O)c1cc(C)ccc1Cl. The van der Waals surface area contributed by atoms with E-state index in [-0.39, 0.29) is 6.10 Å². The summed E-state index contributed by atoms with van der Waals surface area (Å²) in [5, 5.41) is 10.5. The third kappa shape index (κ3) is 2.47. The van der Waals surface area contributed by atoms with E-state index in [0.717, 1.165) is 11.1 Å². The lowest BCUT2D eigenvalue weighted by Gasteiger charge is -2.19. The summed E-state index contributed by atoms with van der Waals surface area (Å²) in [5.74, 6) is 0. The van der Waals surface area contributed by atoms with Crippen molar-refractivity contribution >= 4 is 11.6 Å². The molecule has 1 aromatic rings. The minimum Gasteiger partial charge on any atom is -0.386 e. The number of aliphatic hydroxyl groups is 1. The summed E-state index contributed by atoms with van der Waals surface area (Å²) in [7, 11) is 1.57. The summed E-state index contributed by atoms with van der Waals surface area (Å²) in [5.41, 5.74) is 1.80. The maximum atomic E-state index is 9.88. The van der Waals surface area contributed by atoms with Crippen molar-refractivity contribution in [2.45, 2.75) is 26.1 Å². The molecule has 0 radical (unpaired) electrons. The van der Waals surface area contributed by atoms with Crippen LogP contribution >= 0.6 is 11.6 Å². The number of methoxy groups -OCH3 is 1. The fourth-order valence-electron chi connectivity index (χ4n) is 1.27. The molecule has 0 fully saturated rings. The normalized spacial score (nSPS) is 15.2. The van der Waals surface area contributed by atoms with E-state index < -0.39 is 6.10 Å². The molecule has 2 unspecified atom stereocenters. The highest BCUT2D eigenvalue weighted by Crippen LogP contribution is 2.27. The van der Waals surface area contributed by atoms with Gasteiger partial charge in [-0.3, -0.25) is 0 Å². The summed E-state index contributed by atoms with van der Waals surface area (Å²) in [6.45, 7) is 3.77. The van der Waals surface area contributed by atoms with Crippen LogP contribution in [-0.2, 0) is 4.74 Å². The van der Waals surface area contributed by atoms with Crippen molar-refractivity contribution in [1.82, 2.24) is 0 Å². The number of halogens is 1. The number of hydrogen-bond acceptors (Lipinski definition) is 2. The van der Waals surface area contributed by atoms with E-state index in [1.807, 2.05) is 26.0 Å². The molecule has 2 atom stereocenters. The van der Waals surface area contributed by atoms with Gasteiger partial charge in [-0.1, -0.05) is 29.3 Å². The van der Waals surface area contributed by atoms with Crippen molar-refractivity contribution in [2.24, 2.45) is 0 Å². The third-order valence-corrected chi connectivity index (χ3v) is 2.63. The molecule has 0 saturated heterocycles. The van der Waals surface area contributed by atoms with Crippen LogP contribution < -0.4 is 0 Å². The maximum absolute atomic E-state index is 9.88. The molecule has 0 saturated carbocycles. The van der Waals surface area contributed by atoms with Crippen LogP contribution in [-0.4, -0.2) is 18.3 Å². The Balaban J connectivity index is 2.99. The van der Waals surface area contributed by atoms with E-state index >= 15 is 0 Å². The average molecular weight is 215 g/mol. The summed E-state index contributed by atoms with van der Waals surface area (Å²) in [6, 6.07) is 5.58. The van der Waals surface area contributed by atoms with Crippen LogP contribution in [0.15, 0.2) is 18.2 Å². The highest BCUT2D eigenvalue weighted by molar-refractivity contribution is 6.31. The lowest BCUT2D eigenvalue weighted by atomic mass is 10.0. The largest absolute Gasteiger partial charge is 0.386 e. The number of aryl methyl sites for hydroxylation is 1. The van der Waals surface area contributed by atoms with E-state index in [1.54, 1.807) is 13.2 Å². The first kappa shape index (κ1) is 11.5. The van der Waals surface area contributed by atoms with Gasteiger partial charge in [0.15, 0.2) is 0 Å². The molecule has 0 amide bonds. The highest BCUT2D eigenvalue weighted by atomic mass is 35.5. The minimum atomic E-state index is -0.674. The number of hydrogen-bond donors (Lipinski definition) is 1. The second-order valence-electron chi connectivity index (χ2n) is 3.41. The summed E-state index contributed by atoms with van der Waals surface area (Å²) in [6.07, 6.45) is -0.929. The van der Waals surface area contributed by atoms with Crippen LogP contribution in [0.1, 0.15) is 24.2 Å². The second kappa shape index (κ2) is 4.78. The Morgan fingerprint density at radius 2 is 2.07 bits per heavy atom. The van der Waals surface area contributed by atoms with Gasteiger partial charge < -0.3 is 9.84 Å². The molecular formula is C11H15ClO2. The molecule has 0 aliphatic carbocycles. The van der Waals surface area contributed by atoms with Crippen LogP contribution in [0, 0.1) is 6.92 Å². The number of benzene rings is 1. The van der Waals surface area contributed by atoms with Crippen molar-refractivity contribution in [3.8, 4) is 0 Å². The Bertz CT molecular complexity index is 312. The quantitative estimate of drug-likeness (QED) is 0.839. The lowest BCUT2D eigenvalue weighted by Crippen LogP contribution is -2.17. The monoisotopic (exact) mass is 214 g/mol. The molecule has 1 N–H and O–H groups in total. The molecule has 0 heterocycles.